The minimum absolute atomic E-state index is 0.357. The van der Waals surface area contributed by atoms with E-state index in [1.165, 1.54) is 38.5 Å². The molecule has 0 fully saturated rings. The van der Waals surface area contributed by atoms with Gasteiger partial charge in [-0.05, 0) is 25.9 Å². The molecular formula is C14H28Cl2OSi. The van der Waals surface area contributed by atoms with Crippen LogP contribution in [0.25, 0.3) is 0 Å². The zero-order chi connectivity index (χ0) is 13.9. The molecule has 0 rings (SSSR count). The first-order chi connectivity index (χ1) is 8.50. The summed E-state index contributed by atoms with van der Waals surface area (Å²) in [6, 6.07) is 0. The fourth-order valence-electron chi connectivity index (χ4n) is 1.55. The number of halogens is 2. The highest BCUT2D eigenvalue weighted by Crippen LogP contribution is 2.19. The van der Waals surface area contributed by atoms with E-state index in [-0.39, 0.29) is 4.46 Å². The molecule has 18 heavy (non-hydrogen) atoms. The van der Waals surface area contributed by atoms with Gasteiger partial charge in [-0.1, -0.05) is 51.2 Å². The SMILES string of the molecule is CCCCCCCC/C=C/CO[Si](C)(C)C(Cl)Cl. The number of hydrogen-bond donors (Lipinski definition) is 0. The second-order valence-electron chi connectivity index (χ2n) is 5.24. The van der Waals surface area contributed by atoms with Crippen molar-refractivity contribution in [1.29, 1.82) is 0 Å². The summed E-state index contributed by atoms with van der Waals surface area (Å²) in [6.07, 6.45) is 13.5. The fourth-order valence-corrected chi connectivity index (χ4v) is 2.58. The Bertz CT molecular complexity index is 218. The largest absolute Gasteiger partial charge is 0.411 e. The predicted molar refractivity (Wildman–Crippen MR) is 86.1 cm³/mol. The van der Waals surface area contributed by atoms with Crippen LogP contribution in [0, 0.1) is 0 Å². The summed E-state index contributed by atoms with van der Waals surface area (Å²) < 4.78 is 5.38. The molecule has 0 aromatic carbocycles. The third-order valence-corrected chi connectivity index (χ3v) is 8.08. The first kappa shape index (κ1) is 18.5. The van der Waals surface area contributed by atoms with Crippen molar-refractivity contribution in [3.63, 3.8) is 0 Å². The van der Waals surface area contributed by atoms with Crippen LogP contribution in [-0.4, -0.2) is 19.4 Å². The van der Waals surface area contributed by atoms with Gasteiger partial charge >= 0.3 is 0 Å². The second kappa shape index (κ2) is 11.3. The van der Waals surface area contributed by atoms with Gasteiger partial charge in [-0.25, -0.2) is 0 Å². The molecule has 0 heterocycles. The summed E-state index contributed by atoms with van der Waals surface area (Å²) in [5.41, 5.74) is 0. The van der Waals surface area contributed by atoms with Crippen molar-refractivity contribution in [2.75, 3.05) is 6.61 Å². The van der Waals surface area contributed by atoms with Gasteiger partial charge in [0.2, 0.25) is 8.32 Å². The Hall–Kier alpha value is 0.497. The van der Waals surface area contributed by atoms with Crippen molar-refractivity contribution in [2.24, 2.45) is 0 Å². The number of rotatable bonds is 11. The van der Waals surface area contributed by atoms with E-state index in [1.807, 2.05) is 13.1 Å². The Kier molecular flexibility index (Phi) is 11.6. The Morgan fingerprint density at radius 1 is 1.00 bits per heavy atom. The van der Waals surface area contributed by atoms with Gasteiger partial charge in [0.05, 0.1) is 6.61 Å². The average molecular weight is 311 g/mol. The molecule has 0 amide bonds. The molecule has 0 unspecified atom stereocenters. The van der Waals surface area contributed by atoms with E-state index >= 15 is 0 Å². The minimum atomic E-state index is -1.89. The second-order valence-corrected chi connectivity index (χ2v) is 11.1. The zero-order valence-electron chi connectivity index (χ0n) is 12.1. The summed E-state index contributed by atoms with van der Waals surface area (Å²) in [6.45, 7) is 6.98. The highest BCUT2D eigenvalue weighted by atomic mass is 35.5. The maximum atomic E-state index is 5.87. The van der Waals surface area contributed by atoms with Crippen molar-refractivity contribution in [3.05, 3.63) is 12.2 Å². The standard InChI is InChI=1S/C14H28Cl2OSi/c1-4-5-6-7-8-9-10-11-12-13-17-18(2,3)14(15)16/h11-12,14H,4-10,13H2,1-3H3/b12-11+. The first-order valence-corrected chi connectivity index (χ1v) is 10.9. The van der Waals surface area contributed by atoms with Crippen LogP contribution in [-0.2, 0) is 4.43 Å². The highest BCUT2D eigenvalue weighted by molar-refractivity contribution is 6.88. The van der Waals surface area contributed by atoms with Crippen LogP contribution < -0.4 is 0 Å². The molecule has 0 aliphatic rings. The van der Waals surface area contributed by atoms with Gasteiger partial charge in [0.25, 0.3) is 0 Å². The van der Waals surface area contributed by atoms with Gasteiger partial charge in [0.15, 0.2) is 0 Å². The molecule has 4 heteroatoms. The monoisotopic (exact) mass is 310 g/mol. The average Bonchev–Trinajstić information content (AvgIpc) is 2.31. The lowest BCUT2D eigenvalue weighted by atomic mass is 10.1. The molecule has 108 valence electrons. The lowest BCUT2D eigenvalue weighted by molar-refractivity contribution is 0.354. The Labute approximate surface area is 124 Å². The molecule has 0 radical (unpaired) electrons. The van der Waals surface area contributed by atoms with Crippen LogP contribution in [0.3, 0.4) is 0 Å². The minimum Gasteiger partial charge on any atom is -0.411 e. The Morgan fingerprint density at radius 3 is 2.22 bits per heavy atom. The topological polar surface area (TPSA) is 9.23 Å². The van der Waals surface area contributed by atoms with Gasteiger partial charge in [-0.15, -0.1) is 23.2 Å². The van der Waals surface area contributed by atoms with E-state index in [2.05, 4.69) is 19.1 Å². The normalized spacial score (nSPS) is 12.8. The van der Waals surface area contributed by atoms with Gasteiger partial charge < -0.3 is 4.43 Å². The van der Waals surface area contributed by atoms with Gasteiger partial charge in [-0.3, -0.25) is 0 Å². The Morgan fingerprint density at radius 2 is 1.61 bits per heavy atom. The molecule has 0 spiro atoms. The van der Waals surface area contributed by atoms with Crippen LogP contribution in [0.15, 0.2) is 12.2 Å². The lowest BCUT2D eigenvalue weighted by Crippen LogP contribution is -2.38. The number of hydrogen-bond acceptors (Lipinski definition) is 1. The fraction of sp³-hybridized carbons (Fsp3) is 0.857. The number of alkyl halides is 2. The summed E-state index contributed by atoms with van der Waals surface area (Å²) in [5, 5.41) is 0. The van der Waals surface area contributed by atoms with Crippen LogP contribution >= 0.6 is 23.2 Å². The molecule has 0 bridgehead atoms. The van der Waals surface area contributed by atoms with Crippen molar-refractivity contribution in [1.82, 2.24) is 0 Å². The third kappa shape index (κ3) is 10.4. The van der Waals surface area contributed by atoms with E-state index in [0.29, 0.717) is 6.61 Å². The number of unbranched alkanes of at least 4 members (excludes halogenated alkanes) is 6. The molecule has 0 aromatic heterocycles. The van der Waals surface area contributed by atoms with Gasteiger partial charge in [0, 0.05) is 0 Å². The van der Waals surface area contributed by atoms with Crippen molar-refractivity contribution < 1.29 is 4.43 Å². The molecule has 0 aromatic rings. The quantitative estimate of drug-likeness (QED) is 0.201. The molecule has 0 saturated carbocycles. The highest BCUT2D eigenvalue weighted by Gasteiger charge is 2.30. The van der Waals surface area contributed by atoms with Crippen LogP contribution in [0.2, 0.25) is 13.1 Å². The van der Waals surface area contributed by atoms with Gasteiger partial charge in [-0.2, -0.15) is 0 Å². The predicted octanol–water partition coefficient (Wildman–Crippen LogP) is 5.86. The molecule has 0 saturated heterocycles. The first-order valence-electron chi connectivity index (χ1n) is 7.07. The van der Waals surface area contributed by atoms with Gasteiger partial charge in [0.1, 0.15) is 4.46 Å². The van der Waals surface area contributed by atoms with E-state index < -0.39 is 8.32 Å². The van der Waals surface area contributed by atoms with Crippen LogP contribution in [0.5, 0.6) is 0 Å². The maximum absolute atomic E-state index is 5.87. The molecule has 0 aliphatic carbocycles. The van der Waals surface area contributed by atoms with Crippen LogP contribution in [0.1, 0.15) is 51.9 Å². The molecule has 1 nitrogen and oxygen atoms in total. The summed E-state index contributed by atoms with van der Waals surface area (Å²) in [5.74, 6) is 0. The summed E-state index contributed by atoms with van der Waals surface area (Å²) in [7, 11) is -1.89. The molecular weight excluding hydrogens is 283 g/mol. The summed E-state index contributed by atoms with van der Waals surface area (Å²) in [4.78, 5) is 0. The molecule has 0 aliphatic heterocycles. The van der Waals surface area contributed by atoms with E-state index in [1.54, 1.807) is 0 Å². The molecule has 0 atom stereocenters. The van der Waals surface area contributed by atoms with Crippen molar-refractivity contribution >= 4 is 31.5 Å². The molecule has 0 N–H and O–H groups in total. The maximum Gasteiger partial charge on any atom is 0.220 e. The third-order valence-electron chi connectivity index (χ3n) is 2.97. The van der Waals surface area contributed by atoms with E-state index in [0.717, 1.165) is 6.42 Å². The zero-order valence-corrected chi connectivity index (χ0v) is 14.6. The summed E-state index contributed by atoms with van der Waals surface area (Å²) >= 11 is 11.7. The smallest absolute Gasteiger partial charge is 0.220 e. The van der Waals surface area contributed by atoms with Crippen molar-refractivity contribution in [2.45, 2.75) is 69.4 Å². The Balaban J connectivity index is 3.39. The lowest BCUT2D eigenvalue weighted by Gasteiger charge is -2.22. The van der Waals surface area contributed by atoms with E-state index in [9.17, 15) is 0 Å². The van der Waals surface area contributed by atoms with Crippen LogP contribution in [0.4, 0.5) is 0 Å². The number of allylic oxidation sites excluding steroid dienone is 1. The van der Waals surface area contributed by atoms with E-state index in [4.69, 9.17) is 27.6 Å². The van der Waals surface area contributed by atoms with Crippen molar-refractivity contribution in [3.8, 4) is 0 Å².